The Balaban J connectivity index is 1.60. The van der Waals surface area contributed by atoms with Crippen LogP contribution in [0.2, 0.25) is 0 Å². The zero-order chi connectivity index (χ0) is 15.1. The summed E-state index contributed by atoms with van der Waals surface area (Å²) in [4.78, 5) is 0. The van der Waals surface area contributed by atoms with Gasteiger partial charge in [0.25, 0.3) is 0 Å². The Hall–Kier alpha value is -1.37. The van der Waals surface area contributed by atoms with Crippen LogP contribution in [0.3, 0.4) is 0 Å². The van der Waals surface area contributed by atoms with Crippen LogP contribution < -0.4 is 0 Å². The Kier molecular flexibility index (Phi) is 3.68. The third-order valence-electron chi connectivity index (χ3n) is 6.18. The molecule has 0 saturated heterocycles. The second kappa shape index (κ2) is 5.68. The number of hydrogen-bond acceptors (Lipinski definition) is 0. The van der Waals surface area contributed by atoms with Crippen molar-refractivity contribution in [2.24, 2.45) is 17.8 Å². The van der Waals surface area contributed by atoms with Crippen molar-refractivity contribution in [1.29, 1.82) is 0 Å². The fraction of sp³-hybridized carbons (Fsp3) is 0.524. The van der Waals surface area contributed by atoms with Gasteiger partial charge in [0.05, 0.1) is 0 Å². The third-order valence-corrected chi connectivity index (χ3v) is 6.18. The van der Waals surface area contributed by atoms with Gasteiger partial charge in [-0.15, -0.1) is 0 Å². The largest absolute Gasteiger partial charge is 0.206 e. The molecule has 0 aliphatic heterocycles. The molecule has 0 aromatic heterocycles. The maximum atomic E-state index is 14.4. The number of fused-ring (bicyclic) bond motifs is 2. The predicted molar refractivity (Wildman–Crippen MR) is 90.5 cm³/mol. The van der Waals surface area contributed by atoms with E-state index in [4.69, 9.17) is 0 Å². The third kappa shape index (κ3) is 2.55. The van der Waals surface area contributed by atoms with E-state index in [1.807, 2.05) is 24.3 Å². The molecule has 2 saturated carbocycles. The van der Waals surface area contributed by atoms with Crippen molar-refractivity contribution in [3.8, 4) is 0 Å². The number of halogens is 1. The molecule has 4 atom stereocenters. The Labute approximate surface area is 132 Å². The molecule has 0 radical (unpaired) electrons. The summed E-state index contributed by atoms with van der Waals surface area (Å²) in [7, 11) is 0. The van der Waals surface area contributed by atoms with Gasteiger partial charge in [-0.25, -0.2) is 4.39 Å². The van der Waals surface area contributed by atoms with Gasteiger partial charge in [0.15, 0.2) is 0 Å². The van der Waals surface area contributed by atoms with Crippen LogP contribution in [0.1, 0.15) is 56.9 Å². The molecule has 0 heterocycles. The van der Waals surface area contributed by atoms with Crippen molar-refractivity contribution in [3.05, 3.63) is 47.8 Å². The SMILES string of the molecule is CC1CCC2CC(c3cc(F)c4ccccc4c3)CCC2C1. The van der Waals surface area contributed by atoms with Crippen LogP contribution in [0, 0.1) is 23.6 Å². The van der Waals surface area contributed by atoms with Crippen LogP contribution in [0.15, 0.2) is 36.4 Å². The molecule has 0 N–H and O–H groups in total. The smallest absolute Gasteiger partial charge is 0.131 e. The van der Waals surface area contributed by atoms with Gasteiger partial charge in [-0.1, -0.05) is 43.7 Å². The molecule has 0 bridgehead atoms. The lowest BCUT2D eigenvalue weighted by molar-refractivity contribution is 0.124. The monoisotopic (exact) mass is 296 g/mol. The summed E-state index contributed by atoms with van der Waals surface area (Å²) in [6, 6.07) is 11.9. The summed E-state index contributed by atoms with van der Waals surface area (Å²) in [5, 5.41) is 1.81. The van der Waals surface area contributed by atoms with Crippen molar-refractivity contribution in [1.82, 2.24) is 0 Å². The van der Waals surface area contributed by atoms with Crippen molar-refractivity contribution < 1.29 is 4.39 Å². The molecule has 4 rings (SSSR count). The van der Waals surface area contributed by atoms with Crippen LogP contribution in [0.5, 0.6) is 0 Å². The zero-order valence-corrected chi connectivity index (χ0v) is 13.4. The molecule has 2 aromatic rings. The Morgan fingerprint density at radius 1 is 0.909 bits per heavy atom. The van der Waals surface area contributed by atoms with Crippen molar-refractivity contribution in [3.63, 3.8) is 0 Å². The topological polar surface area (TPSA) is 0 Å². The van der Waals surface area contributed by atoms with Gasteiger partial charge in [0.1, 0.15) is 5.82 Å². The average molecular weight is 296 g/mol. The summed E-state index contributed by atoms with van der Waals surface area (Å²) in [6.07, 6.45) is 8.05. The molecular weight excluding hydrogens is 271 g/mol. The molecule has 2 aliphatic carbocycles. The lowest BCUT2D eigenvalue weighted by Gasteiger charge is -2.41. The summed E-state index contributed by atoms with van der Waals surface area (Å²) in [6.45, 7) is 2.40. The molecule has 0 nitrogen and oxygen atoms in total. The maximum Gasteiger partial charge on any atom is 0.131 e. The van der Waals surface area contributed by atoms with Gasteiger partial charge < -0.3 is 0 Å². The molecule has 2 aliphatic rings. The average Bonchev–Trinajstić information content (AvgIpc) is 2.54. The van der Waals surface area contributed by atoms with Crippen LogP contribution >= 0.6 is 0 Å². The zero-order valence-electron chi connectivity index (χ0n) is 13.4. The van der Waals surface area contributed by atoms with Crippen molar-refractivity contribution >= 4 is 10.8 Å². The van der Waals surface area contributed by atoms with Crippen molar-refractivity contribution in [2.45, 2.75) is 51.4 Å². The summed E-state index contributed by atoms with van der Waals surface area (Å²) >= 11 is 0. The van der Waals surface area contributed by atoms with E-state index in [2.05, 4.69) is 13.0 Å². The molecule has 2 fully saturated rings. The molecule has 2 aromatic carbocycles. The van der Waals surface area contributed by atoms with E-state index >= 15 is 0 Å². The van der Waals surface area contributed by atoms with Gasteiger partial charge in [0, 0.05) is 5.39 Å². The first kappa shape index (κ1) is 14.2. The number of rotatable bonds is 1. The first-order chi connectivity index (χ1) is 10.7. The minimum absolute atomic E-state index is 0.0486. The molecule has 116 valence electrons. The van der Waals surface area contributed by atoms with E-state index in [1.54, 1.807) is 6.07 Å². The van der Waals surface area contributed by atoms with Crippen LogP contribution in [-0.4, -0.2) is 0 Å². The van der Waals surface area contributed by atoms with E-state index in [-0.39, 0.29) is 5.82 Å². The second-order valence-corrected chi connectivity index (χ2v) is 7.67. The molecule has 1 heteroatoms. The van der Waals surface area contributed by atoms with E-state index < -0.39 is 0 Å². The summed E-state index contributed by atoms with van der Waals surface area (Å²) < 4.78 is 14.4. The maximum absolute atomic E-state index is 14.4. The van der Waals surface area contributed by atoms with Crippen LogP contribution in [0.4, 0.5) is 4.39 Å². The molecule has 22 heavy (non-hydrogen) atoms. The minimum atomic E-state index is -0.0486. The lowest BCUT2D eigenvalue weighted by Crippen LogP contribution is -2.29. The highest BCUT2D eigenvalue weighted by Gasteiger charge is 2.34. The normalized spacial score (nSPS) is 31.9. The van der Waals surface area contributed by atoms with Gasteiger partial charge in [0.2, 0.25) is 0 Å². The second-order valence-electron chi connectivity index (χ2n) is 7.67. The highest BCUT2D eigenvalue weighted by molar-refractivity contribution is 5.83. The lowest BCUT2D eigenvalue weighted by atomic mass is 9.64. The first-order valence-corrected chi connectivity index (χ1v) is 8.89. The Bertz CT molecular complexity index is 675. The van der Waals surface area contributed by atoms with Gasteiger partial charge >= 0.3 is 0 Å². The van der Waals surface area contributed by atoms with E-state index in [9.17, 15) is 4.39 Å². The quantitative estimate of drug-likeness (QED) is 0.579. The van der Waals surface area contributed by atoms with E-state index in [1.165, 1.54) is 44.1 Å². The van der Waals surface area contributed by atoms with Crippen LogP contribution in [0.25, 0.3) is 10.8 Å². The summed E-state index contributed by atoms with van der Waals surface area (Å²) in [5.41, 5.74) is 1.23. The highest BCUT2D eigenvalue weighted by Crippen LogP contribution is 2.47. The molecule has 0 spiro atoms. The van der Waals surface area contributed by atoms with Crippen LogP contribution in [-0.2, 0) is 0 Å². The molecular formula is C21H25F. The number of hydrogen-bond donors (Lipinski definition) is 0. The fourth-order valence-corrected chi connectivity index (χ4v) is 4.95. The Morgan fingerprint density at radius 3 is 2.59 bits per heavy atom. The molecule has 0 amide bonds. The van der Waals surface area contributed by atoms with E-state index in [0.29, 0.717) is 5.92 Å². The van der Waals surface area contributed by atoms with Crippen molar-refractivity contribution in [2.75, 3.05) is 0 Å². The van der Waals surface area contributed by atoms with E-state index in [0.717, 1.165) is 28.5 Å². The van der Waals surface area contributed by atoms with Gasteiger partial charge in [-0.05, 0) is 72.8 Å². The highest BCUT2D eigenvalue weighted by atomic mass is 19.1. The first-order valence-electron chi connectivity index (χ1n) is 8.89. The Morgan fingerprint density at radius 2 is 1.68 bits per heavy atom. The fourth-order valence-electron chi connectivity index (χ4n) is 4.95. The predicted octanol–water partition coefficient (Wildman–Crippen LogP) is 6.30. The molecule has 4 unspecified atom stereocenters. The standard InChI is InChI=1S/C21H25F/c1-14-6-7-16-11-17(9-8-15(16)10-14)19-12-18-4-2-3-5-20(18)21(22)13-19/h2-5,12-17H,6-11H2,1H3. The number of benzene rings is 2. The van der Waals surface area contributed by atoms with Gasteiger partial charge in [-0.2, -0.15) is 0 Å². The minimum Gasteiger partial charge on any atom is -0.206 e. The van der Waals surface area contributed by atoms with Gasteiger partial charge in [-0.3, -0.25) is 0 Å². The summed E-state index contributed by atoms with van der Waals surface area (Å²) in [5.74, 6) is 3.24.